The van der Waals surface area contributed by atoms with E-state index in [-0.39, 0.29) is 127 Å². The van der Waals surface area contributed by atoms with E-state index in [1.165, 1.54) is 0 Å². The first-order valence-electron chi connectivity index (χ1n) is 26.9. The van der Waals surface area contributed by atoms with Crippen molar-refractivity contribution in [2.75, 3.05) is 0 Å². The van der Waals surface area contributed by atoms with E-state index < -0.39 is 209 Å². The van der Waals surface area contributed by atoms with Gasteiger partial charge in [0.05, 0.1) is 50.1 Å². The minimum absolute atomic E-state index is 0. The zero-order valence-corrected chi connectivity index (χ0v) is 59.7. The van der Waals surface area contributed by atoms with Gasteiger partial charge in [-0.3, -0.25) is 0 Å². The maximum Gasteiger partial charge on any atom is 3.00 e. The number of benzene rings is 9. The van der Waals surface area contributed by atoms with Crippen molar-refractivity contribution in [1.29, 1.82) is 0 Å². The van der Waals surface area contributed by atoms with Crippen LogP contribution in [0.4, 0.5) is 0 Å². The molecule has 9 rings (SSSR count). The average Bonchev–Trinajstić information content (AvgIpc) is 0.927. The quantitative estimate of drug-likeness (QED) is 0.0700. The Bertz CT molecular complexity index is 3760. The number of rotatable bonds is 9. The fourth-order valence-corrected chi connectivity index (χ4v) is 6.50. The van der Waals surface area contributed by atoms with Crippen LogP contribution in [0, 0.1) is 39.9 Å². The molecule has 0 saturated carbocycles. The summed E-state index contributed by atoms with van der Waals surface area (Å²) >= 11 is 0. The third-order valence-corrected chi connectivity index (χ3v) is 11.7. The second-order valence-electron chi connectivity index (χ2n) is 19.3. The molecule has 0 aliphatic rings. The molecule has 0 spiro atoms. The molecule has 0 heterocycles. The van der Waals surface area contributed by atoms with Gasteiger partial charge in [-0.1, -0.05) is 0 Å². The molecule has 9 aromatic carbocycles. The number of phenols is 18. The summed E-state index contributed by atoms with van der Waals surface area (Å²) in [4.78, 5) is 92.6. The molecule has 1 radical (unpaired) electrons. The van der Waals surface area contributed by atoms with Crippen LogP contribution >= 0.6 is 0 Å². The Morgan fingerprint density at radius 1 is 0.162 bits per heavy atom. The van der Waals surface area contributed by atoms with Gasteiger partial charge < -0.3 is 184 Å². The Hall–Kier alpha value is -14.7. The minimum Gasteiger partial charge on any atom is -0.867 e. The van der Waals surface area contributed by atoms with Crippen LogP contribution in [0.2, 0.25) is 0 Å². The second kappa shape index (κ2) is 44.3. The van der Waals surface area contributed by atoms with Crippen LogP contribution in [0.15, 0.2) is 109 Å². The van der Waals surface area contributed by atoms with Crippen molar-refractivity contribution in [2.45, 2.75) is 0 Å². The van der Waals surface area contributed by atoms with Crippen molar-refractivity contribution in [1.82, 2.24) is 0 Å². The van der Waals surface area contributed by atoms with E-state index in [2.05, 4.69) is 0 Å². The number of aromatic hydroxyl groups is 18. The van der Waals surface area contributed by atoms with Crippen LogP contribution in [-0.4, -0.2) is 229 Å². The summed E-state index contributed by atoms with van der Waals surface area (Å²) < 4.78 is 0. The fourth-order valence-electron chi connectivity index (χ4n) is 6.50. The van der Waals surface area contributed by atoms with Crippen molar-refractivity contribution < 1.29 is 267 Å². The topological polar surface area (TPSA) is 907 Å². The number of phenolic OH excluding ortho intramolecular Hbond substituents is 18. The van der Waals surface area contributed by atoms with Gasteiger partial charge >= 0.3 is 131 Å². The summed E-state index contributed by atoms with van der Waals surface area (Å²) in [5.41, 5.74) is -2.96. The van der Waals surface area contributed by atoms with Crippen LogP contribution in [-0.2, 0) is 0 Å². The molecule has 111 heavy (non-hydrogen) atoms. The largest absolute Gasteiger partial charge is 3.00 e. The Morgan fingerprint density at radius 2 is 0.207 bits per heavy atom. The second-order valence-corrected chi connectivity index (χ2v) is 19.3. The maximum absolute atomic E-state index is 10.7. The zero-order chi connectivity index (χ0) is 83.7. The van der Waals surface area contributed by atoms with Crippen molar-refractivity contribution in [3.8, 4) is 155 Å². The van der Waals surface area contributed by atoms with Crippen LogP contribution < -0.4 is 46.0 Å². The molecule has 0 bridgehead atoms. The predicted octanol–water partition coefficient (Wildman–Crippen LogP) is -1.94. The minimum atomic E-state index is -1.32. The summed E-state index contributed by atoms with van der Waals surface area (Å²) in [6.07, 6.45) is 0. The van der Waals surface area contributed by atoms with E-state index in [4.69, 9.17) is 138 Å². The number of aromatic carboxylic acids is 9. The van der Waals surface area contributed by atoms with Crippen LogP contribution in [0.3, 0.4) is 0 Å². The molecule has 0 aliphatic heterocycles. The van der Waals surface area contributed by atoms with Gasteiger partial charge in [0, 0.05) is 0 Å². The smallest absolute Gasteiger partial charge is 0.867 e. The van der Waals surface area contributed by atoms with E-state index in [0.717, 1.165) is 109 Å². The molecule has 27 N–H and O–H groups in total. The van der Waals surface area contributed by atoms with Gasteiger partial charge in [0.25, 0.3) is 0 Å². The molecule has 45 nitrogen and oxygen atoms in total. The van der Waals surface area contributed by atoms with Crippen LogP contribution in [0.25, 0.3) is 0 Å². The van der Waals surface area contributed by atoms with Crippen molar-refractivity contribution in [3.05, 3.63) is 159 Å². The first-order chi connectivity index (χ1) is 49.7. The van der Waals surface area contributed by atoms with Gasteiger partial charge in [-0.15, -0.1) is 0 Å². The summed E-state index contributed by atoms with van der Waals surface area (Å²) in [7, 11) is 0. The molecular formula is C63H45AlGaGdO45. The predicted molar refractivity (Wildman–Crippen MR) is 337 cm³/mol. The van der Waals surface area contributed by atoms with E-state index in [1.54, 1.807) is 0 Å². The molecule has 0 amide bonds. The molecule has 0 atom stereocenters. The SMILES string of the molecule is O=C(O)c1cc(O)c([O-])c(O)c1.O=C(O)c1cc(O)c([O-])c(O)c1.O=C(O)c1cc(O)c([O-])c(O)c1.O=C(O)c1cc(O)c([O-])c(O)c1.O=C(O)c1cc(O)c([O-])c(O)c1.O=C(O)c1cc(O)c([O-])c(O)c1.O=C(O)c1cc(O)c([O-])c(O)c1.O=C(O)c1cc(O)c([O-])c(O)c1.O=C(O)c1cc(O)c([O-])c(O)c1.[Al+3].[Ga+3].[Gd+3]. The third-order valence-electron chi connectivity index (χ3n) is 11.7. The monoisotopic (exact) mass is 1770 g/mol. The summed E-state index contributed by atoms with van der Waals surface area (Å²) in [6, 6.07) is 14.1. The molecule has 0 saturated heterocycles. The van der Waals surface area contributed by atoms with Crippen LogP contribution in [0.1, 0.15) is 93.2 Å². The van der Waals surface area contributed by atoms with Crippen molar-refractivity contribution >= 4 is 90.9 Å². The van der Waals surface area contributed by atoms with E-state index >= 15 is 0 Å². The number of carboxylic acid groups (broad SMARTS) is 9. The normalized spacial score (nSPS) is 9.41. The van der Waals surface area contributed by atoms with E-state index in [9.17, 15) is 89.1 Å². The van der Waals surface area contributed by atoms with Crippen molar-refractivity contribution in [2.24, 2.45) is 0 Å². The molecule has 0 aliphatic carbocycles. The summed E-state index contributed by atoms with van der Waals surface area (Å²) in [6.45, 7) is 0. The maximum atomic E-state index is 10.7. The van der Waals surface area contributed by atoms with Gasteiger partial charge in [0.1, 0.15) is 103 Å². The zero-order valence-electron chi connectivity index (χ0n) is 53.8. The summed E-state index contributed by atoms with van der Waals surface area (Å²) in [5, 5.41) is 330. The first kappa shape index (κ1) is 100. The Labute approximate surface area is 668 Å². The van der Waals surface area contributed by atoms with Crippen LogP contribution in [0.5, 0.6) is 155 Å². The Balaban J connectivity index is -0.00000118. The van der Waals surface area contributed by atoms with Gasteiger partial charge in [-0.2, -0.15) is 0 Å². The Morgan fingerprint density at radius 3 is 0.243 bits per heavy atom. The summed E-state index contributed by atoms with van der Waals surface area (Å²) in [5.74, 6) is -34.5. The molecule has 0 unspecified atom stereocenters. The average molecular weight is 1780 g/mol. The van der Waals surface area contributed by atoms with Gasteiger partial charge in [-0.25, -0.2) is 43.2 Å². The van der Waals surface area contributed by atoms with Gasteiger partial charge in [-0.05, 0) is 161 Å². The van der Waals surface area contributed by atoms with E-state index in [0.29, 0.717) is 0 Å². The molecule has 581 valence electrons. The van der Waals surface area contributed by atoms with Crippen molar-refractivity contribution in [3.63, 3.8) is 0 Å². The fraction of sp³-hybridized carbons (Fsp3) is 0. The van der Waals surface area contributed by atoms with Gasteiger partial charge in [0.2, 0.25) is 0 Å². The molecule has 0 fully saturated rings. The van der Waals surface area contributed by atoms with E-state index in [1.807, 2.05) is 0 Å². The number of hydrogen-bond donors (Lipinski definition) is 27. The third kappa shape index (κ3) is 30.4. The van der Waals surface area contributed by atoms with Gasteiger partial charge in [0.15, 0.2) is 0 Å². The molecular weight excluding hydrogens is 1730 g/mol. The molecule has 0 aromatic heterocycles. The number of carbonyl (C=O) groups is 9. The first-order valence-corrected chi connectivity index (χ1v) is 26.9. The Kier molecular flexibility index (Phi) is 40.1. The standard InChI is InChI=1S/9C7H6O5.Al.Ga.Gd/c9*8-4-1-3(7(11)12)2-5(9)6(4)10;;;/h9*1-2,8-10H,(H,11,12);;;/q;;;;;;;;;3*+3/p-9. The number of hydrogen-bond acceptors (Lipinski definition) is 36. The molecule has 48 heteroatoms. The molecule has 9 aromatic rings. The number of carboxylic acids is 9.